The Labute approximate surface area is 297 Å². The van der Waals surface area contributed by atoms with Gasteiger partial charge in [-0.1, -0.05) is 12.1 Å². The van der Waals surface area contributed by atoms with Crippen molar-refractivity contribution in [2.45, 2.75) is 85.3 Å². The summed E-state index contributed by atoms with van der Waals surface area (Å²) in [6, 6.07) is 9.51. The standard InChI is InChI=1S/C35H38F4N6O7/c1-32(2,3)50-29(47)44(45(30(48)51-33(4,5)6)31(49)52-34(7,8)9)27-24(19-40)23(16-17-41-27)20-10-13-22(14-11-20)42-28(46)43-26-18-21(35(37,38)39)12-15-25(26)36/h10-18H,1-9H3,(H2,42,43,46). The lowest BCUT2D eigenvalue weighted by atomic mass is 10.0. The quantitative estimate of drug-likeness (QED) is 0.151. The first-order valence-electron chi connectivity index (χ1n) is 15.5. The molecule has 0 radical (unpaired) electrons. The van der Waals surface area contributed by atoms with Gasteiger partial charge in [-0.3, -0.25) is 0 Å². The normalized spacial score (nSPS) is 11.8. The van der Waals surface area contributed by atoms with Gasteiger partial charge < -0.3 is 24.8 Å². The van der Waals surface area contributed by atoms with Crippen LogP contribution in [0.1, 0.15) is 73.4 Å². The smallest absolute Gasteiger partial charge is 0.440 e. The largest absolute Gasteiger partial charge is 0.442 e. The van der Waals surface area contributed by atoms with Crippen LogP contribution in [0, 0.1) is 17.1 Å². The molecule has 0 fully saturated rings. The van der Waals surface area contributed by atoms with E-state index in [1.807, 2.05) is 11.4 Å². The Morgan fingerprint density at radius 1 is 0.750 bits per heavy atom. The zero-order chi connectivity index (χ0) is 39.4. The zero-order valence-corrected chi connectivity index (χ0v) is 29.9. The molecule has 0 unspecified atom stereocenters. The Kier molecular flexibility index (Phi) is 11.8. The first-order valence-corrected chi connectivity index (χ1v) is 15.5. The predicted octanol–water partition coefficient (Wildman–Crippen LogP) is 9.25. The number of rotatable bonds is 4. The monoisotopic (exact) mass is 730 g/mol. The average molecular weight is 731 g/mol. The maximum Gasteiger partial charge on any atom is 0.440 e. The van der Waals surface area contributed by atoms with Gasteiger partial charge in [0.05, 0.1) is 11.3 Å². The summed E-state index contributed by atoms with van der Waals surface area (Å²) in [5.74, 6) is -1.59. The molecule has 52 heavy (non-hydrogen) atoms. The van der Waals surface area contributed by atoms with Crippen LogP contribution in [-0.4, -0.2) is 51.1 Å². The SMILES string of the molecule is CC(C)(C)OC(=O)N(C(=O)OC(C)(C)C)N(C(=O)OC(C)(C)C)c1nccc(-c2ccc(NC(=O)Nc3cc(C(F)(F)F)ccc3F)cc2)c1C#N. The van der Waals surface area contributed by atoms with Crippen LogP contribution in [0.3, 0.4) is 0 Å². The maximum atomic E-state index is 14.1. The number of ether oxygens (including phenoxy) is 3. The van der Waals surface area contributed by atoms with Gasteiger partial charge in [0.1, 0.15) is 34.3 Å². The van der Waals surface area contributed by atoms with E-state index in [4.69, 9.17) is 14.2 Å². The molecule has 0 saturated carbocycles. The number of anilines is 3. The first-order chi connectivity index (χ1) is 23.8. The van der Waals surface area contributed by atoms with Gasteiger partial charge in [-0.25, -0.2) is 28.6 Å². The summed E-state index contributed by atoms with van der Waals surface area (Å²) >= 11 is 0. The average Bonchev–Trinajstić information content (AvgIpc) is 2.97. The molecule has 0 aliphatic rings. The van der Waals surface area contributed by atoms with Gasteiger partial charge in [0, 0.05) is 17.4 Å². The number of carbonyl (C=O) groups excluding carboxylic acids is 4. The van der Waals surface area contributed by atoms with Crippen LogP contribution in [0.25, 0.3) is 11.1 Å². The van der Waals surface area contributed by atoms with Crippen LogP contribution >= 0.6 is 0 Å². The topological polar surface area (TPSA) is 163 Å². The van der Waals surface area contributed by atoms with E-state index in [1.165, 1.54) is 98.8 Å². The third kappa shape index (κ3) is 11.0. The summed E-state index contributed by atoms with van der Waals surface area (Å²) in [7, 11) is 0. The number of hydrogen-bond donors (Lipinski definition) is 2. The molecule has 0 saturated heterocycles. The van der Waals surface area contributed by atoms with Crippen LogP contribution in [0.15, 0.2) is 54.7 Å². The van der Waals surface area contributed by atoms with Gasteiger partial charge >= 0.3 is 30.5 Å². The fourth-order valence-electron chi connectivity index (χ4n) is 4.19. The minimum atomic E-state index is -4.76. The number of aromatic nitrogens is 1. The summed E-state index contributed by atoms with van der Waals surface area (Å²) < 4.78 is 69.8. The van der Waals surface area contributed by atoms with E-state index in [2.05, 4.69) is 10.3 Å². The van der Waals surface area contributed by atoms with E-state index >= 15 is 0 Å². The van der Waals surface area contributed by atoms with Crippen LogP contribution < -0.4 is 15.6 Å². The molecule has 17 heteroatoms. The lowest BCUT2D eigenvalue weighted by molar-refractivity contribution is -0.137. The van der Waals surface area contributed by atoms with Crippen LogP contribution in [0.2, 0.25) is 0 Å². The zero-order valence-electron chi connectivity index (χ0n) is 29.9. The van der Waals surface area contributed by atoms with E-state index in [0.29, 0.717) is 28.8 Å². The number of amides is 5. The highest BCUT2D eigenvalue weighted by atomic mass is 19.4. The molecule has 2 aromatic carbocycles. The number of alkyl halides is 3. The predicted molar refractivity (Wildman–Crippen MR) is 181 cm³/mol. The molecule has 0 aliphatic carbocycles. The van der Waals surface area contributed by atoms with Crippen molar-refractivity contribution in [2.75, 3.05) is 15.6 Å². The Bertz CT molecular complexity index is 1850. The van der Waals surface area contributed by atoms with E-state index in [0.717, 1.165) is 0 Å². The second kappa shape index (κ2) is 15.1. The third-order valence-electron chi connectivity index (χ3n) is 6.14. The fraction of sp³-hybridized carbons (Fsp3) is 0.371. The maximum absolute atomic E-state index is 14.1. The number of imide groups is 1. The summed E-state index contributed by atoms with van der Waals surface area (Å²) in [6.45, 7) is 13.8. The van der Waals surface area contributed by atoms with Crippen LogP contribution in [0.4, 0.5) is 53.9 Å². The van der Waals surface area contributed by atoms with Crippen molar-refractivity contribution >= 4 is 41.5 Å². The minimum absolute atomic E-state index is 0.123. The minimum Gasteiger partial charge on any atom is -0.442 e. The highest BCUT2D eigenvalue weighted by Crippen LogP contribution is 2.34. The second-order valence-electron chi connectivity index (χ2n) is 14.1. The highest BCUT2D eigenvalue weighted by Gasteiger charge is 2.43. The number of halogens is 4. The van der Waals surface area contributed by atoms with Crippen molar-refractivity contribution in [3.8, 4) is 17.2 Å². The van der Waals surface area contributed by atoms with Crippen LogP contribution in [0.5, 0.6) is 0 Å². The molecule has 1 heterocycles. The number of hydrogen-bond acceptors (Lipinski definition) is 9. The van der Waals surface area contributed by atoms with Crippen molar-refractivity contribution in [1.29, 1.82) is 5.26 Å². The lowest BCUT2D eigenvalue weighted by Gasteiger charge is -2.35. The number of hydrazine groups is 1. The molecule has 3 rings (SSSR count). The number of carbonyl (C=O) groups is 4. The second-order valence-corrected chi connectivity index (χ2v) is 14.1. The molecular weight excluding hydrogens is 692 g/mol. The van der Waals surface area contributed by atoms with Crippen LogP contribution in [-0.2, 0) is 20.4 Å². The lowest BCUT2D eigenvalue weighted by Crippen LogP contribution is -2.57. The number of benzene rings is 2. The van der Waals surface area contributed by atoms with E-state index < -0.39 is 70.2 Å². The van der Waals surface area contributed by atoms with E-state index in [1.54, 1.807) is 0 Å². The Morgan fingerprint density at radius 2 is 1.27 bits per heavy atom. The molecular formula is C35H38F4N6O7. The summed E-state index contributed by atoms with van der Waals surface area (Å²) in [5.41, 5.74) is -5.04. The molecule has 278 valence electrons. The molecule has 1 aromatic heterocycles. The van der Waals surface area contributed by atoms with Gasteiger partial charge in [-0.15, -0.1) is 5.01 Å². The van der Waals surface area contributed by atoms with Gasteiger partial charge in [0.15, 0.2) is 5.82 Å². The molecule has 13 nitrogen and oxygen atoms in total. The van der Waals surface area contributed by atoms with Gasteiger partial charge in [0.2, 0.25) is 0 Å². The third-order valence-corrected chi connectivity index (χ3v) is 6.14. The van der Waals surface area contributed by atoms with Crippen molar-refractivity contribution in [1.82, 2.24) is 9.99 Å². The van der Waals surface area contributed by atoms with Crippen molar-refractivity contribution < 1.29 is 51.0 Å². The van der Waals surface area contributed by atoms with E-state index in [9.17, 15) is 42.0 Å². The molecule has 3 aromatic rings. The van der Waals surface area contributed by atoms with Crippen molar-refractivity contribution in [3.05, 3.63) is 71.7 Å². The van der Waals surface area contributed by atoms with Crippen molar-refractivity contribution in [3.63, 3.8) is 0 Å². The summed E-state index contributed by atoms with van der Waals surface area (Å²) in [5, 5.41) is 15.5. The Balaban J connectivity index is 2.07. The number of pyridine rings is 1. The Hall–Kier alpha value is -5.92. The summed E-state index contributed by atoms with van der Waals surface area (Å²) in [6.07, 6.45) is -7.54. The molecule has 2 N–H and O–H groups in total. The fourth-order valence-corrected chi connectivity index (χ4v) is 4.19. The van der Waals surface area contributed by atoms with Gasteiger partial charge in [-0.05, 0) is 104 Å². The number of nitriles is 1. The molecule has 0 aliphatic heterocycles. The van der Waals surface area contributed by atoms with Crippen molar-refractivity contribution in [2.24, 2.45) is 0 Å². The van der Waals surface area contributed by atoms with Gasteiger partial charge in [0.25, 0.3) is 0 Å². The number of urea groups is 1. The Morgan fingerprint density at radius 3 is 1.75 bits per heavy atom. The van der Waals surface area contributed by atoms with Gasteiger partial charge in [-0.2, -0.15) is 23.4 Å². The highest BCUT2D eigenvalue weighted by molar-refractivity contribution is 6.01. The van der Waals surface area contributed by atoms with E-state index in [-0.39, 0.29) is 21.8 Å². The molecule has 0 spiro atoms. The molecule has 0 bridgehead atoms. The number of nitrogens with one attached hydrogen (secondary N) is 2. The summed E-state index contributed by atoms with van der Waals surface area (Å²) in [4.78, 5) is 57.7. The first kappa shape index (κ1) is 40.5. The molecule has 5 amide bonds. The number of nitrogens with zero attached hydrogens (tertiary/aromatic N) is 4. The molecule has 0 atom stereocenters.